The summed E-state index contributed by atoms with van der Waals surface area (Å²) in [4.78, 5) is 0. The minimum atomic E-state index is -0.358. The monoisotopic (exact) mass is 201 g/mol. The Balaban J connectivity index is 1.88. The predicted molar refractivity (Wildman–Crippen MR) is 57.3 cm³/mol. The molecular weight excluding hydrogens is 178 g/mol. The van der Waals surface area contributed by atoms with Gasteiger partial charge in [0, 0.05) is 13.7 Å². The molecule has 0 saturated heterocycles. The highest BCUT2D eigenvalue weighted by Gasteiger charge is 2.14. The van der Waals surface area contributed by atoms with E-state index in [1.165, 1.54) is 32.1 Å². The lowest BCUT2D eigenvalue weighted by Gasteiger charge is -2.12. The average molecular weight is 201 g/mol. The molecule has 0 aromatic carbocycles. The standard InChI is InChI=1S/C11H23NO2/c1-14-9-11(13)8-12-7-6-10-4-2-3-5-10/h10-13H,2-9H2,1H3. The second-order valence-corrected chi connectivity index (χ2v) is 4.25. The van der Waals surface area contributed by atoms with Gasteiger partial charge in [-0.05, 0) is 18.9 Å². The molecule has 1 atom stereocenters. The second-order valence-electron chi connectivity index (χ2n) is 4.25. The summed E-state index contributed by atoms with van der Waals surface area (Å²) in [5.41, 5.74) is 0. The number of nitrogens with one attached hydrogen (secondary N) is 1. The highest BCUT2D eigenvalue weighted by molar-refractivity contribution is 4.68. The number of hydrogen-bond donors (Lipinski definition) is 2. The van der Waals surface area contributed by atoms with Crippen molar-refractivity contribution in [1.82, 2.24) is 5.32 Å². The Morgan fingerprint density at radius 2 is 2.14 bits per heavy atom. The van der Waals surface area contributed by atoms with Crippen LogP contribution in [0.3, 0.4) is 0 Å². The fourth-order valence-electron chi connectivity index (χ4n) is 2.13. The Morgan fingerprint density at radius 3 is 2.79 bits per heavy atom. The highest BCUT2D eigenvalue weighted by atomic mass is 16.5. The number of rotatable bonds is 7. The van der Waals surface area contributed by atoms with Crippen molar-refractivity contribution in [2.24, 2.45) is 5.92 Å². The summed E-state index contributed by atoms with van der Waals surface area (Å²) in [6.45, 7) is 2.11. The van der Waals surface area contributed by atoms with Crippen molar-refractivity contribution in [2.45, 2.75) is 38.2 Å². The van der Waals surface area contributed by atoms with Gasteiger partial charge in [0.2, 0.25) is 0 Å². The van der Waals surface area contributed by atoms with Gasteiger partial charge in [-0.3, -0.25) is 0 Å². The van der Waals surface area contributed by atoms with Gasteiger partial charge in [0.25, 0.3) is 0 Å². The van der Waals surface area contributed by atoms with Crippen molar-refractivity contribution in [3.05, 3.63) is 0 Å². The Labute approximate surface area is 86.8 Å². The zero-order chi connectivity index (χ0) is 10.2. The van der Waals surface area contributed by atoms with Crippen LogP contribution in [0, 0.1) is 5.92 Å². The van der Waals surface area contributed by atoms with E-state index < -0.39 is 0 Å². The van der Waals surface area contributed by atoms with E-state index in [0.29, 0.717) is 13.2 Å². The molecule has 14 heavy (non-hydrogen) atoms. The number of hydrogen-bond acceptors (Lipinski definition) is 3. The summed E-state index contributed by atoms with van der Waals surface area (Å²) >= 11 is 0. The Morgan fingerprint density at radius 1 is 1.43 bits per heavy atom. The van der Waals surface area contributed by atoms with E-state index >= 15 is 0 Å². The van der Waals surface area contributed by atoms with Crippen molar-refractivity contribution >= 4 is 0 Å². The molecule has 0 heterocycles. The molecule has 0 bridgehead atoms. The smallest absolute Gasteiger partial charge is 0.0897 e. The van der Waals surface area contributed by atoms with Crippen LogP contribution in [0.2, 0.25) is 0 Å². The summed E-state index contributed by atoms with van der Waals surface area (Å²) < 4.78 is 4.84. The Bertz CT molecular complexity index is 135. The fraction of sp³-hybridized carbons (Fsp3) is 1.00. The number of ether oxygens (including phenoxy) is 1. The van der Waals surface area contributed by atoms with Crippen LogP contribution in [0.25, 0.3) is 0 Å². The quantitative estimate of drug-likeness (QED) is 0.607. The molecule has 84 valence electrons. The molecule has 0 aromatic heterocycles. The van der Waals surface area contributed by atoms with Gasteiger partial charge in [-0.25, -0.2) is 0 Å². The van der Waals surface area contributed by atoms with Gasteiger partial charge in [-0.15, -0.1) is 0 Å². The molecule has 1 aliphatic rings. The van der Waals surface area contributed by atoms with Gasteiger partial charge < -0.3 is 15.2 Å². The van der Waals surface area contributed by atoms with Gasteiger partial charge in [-0.2, -0.15) is 0 Å². The maximum atomic E-state index is 9.35. The molecule has 0 spiro atoms. The van der Waals surface area contributed by atoms with Crippen LogP contribution in [-0.4, -0.2) is 38.0 Å². The number of aliphatic hydroxyl groups excluding tert-OH is 1. The van der Waals surface area contributed by atoms with E-state index in [1.54, 1.807) is 7.11 Å². The molecule has 1 unspecified atom stereocenters. The largest absolute Gasteiger partial charge is 0.389 e. The number of methoxy groups -OCH3 is 1. The summed E-state index contributed by atoms with van der Waals surface area (Å²) in [7, 11) is 1.61. The van der Waals surface area contributed by atoms with Crippen LogP contribution >= 0.6 is 0 Å². The van der Waals surface area contributed by atoms with Crippen LogP contribution in [0.4, 0.5) is 0 Å². The van der Waals surface area contributed by atoms with E-state index in [-0.39, 0.29) is 6.10 Å². The second kappa shape index (κ2) is 7.21. The molecule has 0 radical (unpaired) electrons. The molecule has 3 heteroatoms. The summed E-state index contributed by atoms with van der Waals surface area (Å²) in [5.74, 6) is 0.932. The average Bonchev–Trinajstić information content (AvgIpc) is 2.65. The highest BCUT2D eigenvalue weighted by Crippen LogP contribution is 2.26. The first-order valence-corrected chi connectivity index (χ1v) is 5.70. The van der Waals surface area contributed by atoms with Crippen LogP contribution in [0.5, 0.6) is 0 Å². The third kappa shape index (κ3) is 4.94. The zero-order valence-electron chi connectivity index (χ0n) is 9.17. The lowest BCUT2D eigenvalue weighted by Crippen LogP contribution is -2.31. The van der Waals surface area contributed by atoms with Crippen molar-refractivity contribution in [3.8, 4) is 0 Å². The van der Waals surface area contributed by atoms with Crippen molar-refractivity contribution in [2.75, 3.05) is 26.8 Å². The maximum absolute atomic E-state index is 9.35. The van der Waals surface area contributed by atoms with Crippen LogP contribution < -0.4 is 5.32 Å². The molecule has 2 N–H and O–H groups in total. The molecule has 0 aromatic rings. The third-order valence-corrected chi connectivity index (χ3v) is 2.94. The first-order valence-electron chi connectivity index (χ1n) is 5.70. The first kappa shape index (κ1) is 12.0. The van der Waals surface area contributed by atoms with Crippen LogP contribution in [0.1, 0.15) is 32.1 Å². The molecule has 1 aliphatic carbocycles. The first-order chi connectivity index (χ1) is 6.83. The van der Waals surface area contributed by atoms with E-state index in [0.717, 1.165) is 12.5 Å². The molecule has 1 saturated carbocycles. The van der Waals surface area contributed by atoms with Crippen molar-refractivity contribution < 1.29 is 9.84 Å². The lowest BCUT2D eigenvalue weighted by molar-refractivity contribution is 0.0645. The SMILES string of the molecule is COCC(O)CNCCC1CCCC1. The topological polar surface area (TPSA) is 41.5 Å². The molecule has 1 fully saturated rings. The lowest BCUT2D eigenvalue weighted by atomic mass is 10.0. The Hall–Kier alpha value is -0.120. The summed E-state index contributed by atoms with van der Waals surface area (Å²) in [5, 5.41) is 12.6. The zero-order valence-corrected chi connectivity index (χ0v) is 9.17. The maximum Gasteiger partial charge on any atom is 0.0897 e. The molecule has 3 nitrogen and oxygen atoms in total. The van der Waals surface area contributed by atoms with E-state index in [9.17, 15) is 5.11 Å². The third-order valence-electron chi connectivity index (χ3n) is 2.94. The minimum Gasteiger partial charge on any atom is -0.389 e. The molecule has 0 amide bonds. The number of aliphatic hydroxyl groups is 1. The van der Waals surface area contributed by atoms with Crippen LogP contribution in [0.15, 0.2) is 0 Å². The van der Waals surface area contributed by atoms with Crippen LogP contribution in [-0.2, 0) is 4.74 Å². The minimum absolute atomic E-state index is 0.358. The molecule has 1 rings (SSSR count). The van der Waals surface area contributed by atoms with Gasteiger partial charge in [0.15, 0.2) is 0 Å². The normalized spacial score (nSPS) is 20.1. The molecular formula is C11H23NO2. The van der Waals surface area contributed by atoms with Gasteiger partial charge >= 0.3 is 0 Å². The van der Waals surface area contributed by atoms with Crippen molar-refractivity contribution in [3.63, 3.8) is 0 Å². The van der Waals surface area contributed by atoms with Crippen molar-refractivity contribution in [1.29, 1.82) is 0 Å². The van der Waals surface area contributed by atoms with Gasteiger partial charge in [-0.1, -0.05) is 25.7 Å². The fourth-order valence-corrected chi connectivity index (χ4v) is 2.13. The molecule has 0 aliphatic heterocycles. The van der Waals surface area contributed by atoms with E-state index in [2.05, 4.69) is 5.32 Å². The predicted octanol–water partition coefficient (Wildman–Crippen LogP) is 1.16. The summed E-state index contributed by atoms with van der Waals surface area (Å²) in [6.07, 6.45) is 6.54. The van der Waals surface area contributed by atoms with Gasteiger partial charge in [0.1, 0.15) is 0 Å². The van der Waals surface area contributed by atoms with E-state index in [1.807, 2.05) is 0 Å². The van der Waals surface area contributed by atoms with Gasteiger partial charge in [0.05, 0.1) is 12.7 Å². The van der Waals surface area contributed by atoms with E-state index in [4.69, 9.17) is 4.74 Å². The summed E-state index contributed by atoms with van der Waals surface area (Å²) in [6, 6.07) is 0. The Kier molecular flexibility index (Phi) is 6.15.